The summed E-state index contributed by atoms with van der Waals surface area (Å²) in [5, 5.41) is 6.93. The average Bonchev–Trinajstić information content (AvgIpc) is 2.86. The van der Waals surface area contributed by atoms with Crippen molar-refractivity contribution in [3.05, 3.63) is 29.6 Å². The molecule has 3 aliphatic rings. The van der Waals surface area contributed by atoms with E-state index in [-0.39, 0.29) is 11.4 Å². The van der Waals surface area contributed by atoms with Gasteiger partial charge in [-0.15, -0.1) is 0 Å². The third-order valence-corrected chi connectivity index (χ3v) is 7.10. The number of nitrogens with zero attached hydrogens (tertiary/aromatic N) is 3. The molecule has 0 spiro atoms. The maximum absolute atomic E-state index is 14.7. The summed E-state index contributed by atoms with van der Waals surface area (Å²) in [4.78, 5) is 9.08. The van der Waals surface area contributed by atoms with Crippen LogP contribution in [0.1, 0.15) is 37.7 Å². The van der Waals surface area contributed by atoms with Crippen molar-refractivity contribution < 1.29 is 13.9 Å². The Balaban J connectivity index is 1.32. The predicted molar refractivity (Wildman–Crippen MR) is 126 cm³/mol. The number of halogens is 1. The summed E-state index contributed by atoms with van der Waals surface area (Å²) >= 11 is 0. The molecule has 8 heteroatoms. The quantitative estimate of drug-likeness (QED) is 0.516. The SMILES string of the molecule is CN=C(NCc1ccc(N2CCOCC2)c(F)c1)NCC1(N2CCOCC2)CCCCC1. The van der Waals surface area contributed by atoms with Gasteiger partial charge in [-0.2, -0.15) is 0 Å². The first-order chi connectivity index (χ1) is 15.7. The first-order valence-corrected chi connectivity index (χ1v) is 12.1. The smallest absolute Gasteiger partial charge is 0.191 e. The molecule has 2 N–H and O–H groups in total. The van der Waals surface area contributed by atoms with Crippen LogP contribution in [0.15, 0.2) is 23.2 Å². The molecule has 0 bridgehead atoms. The van der Waals surface area contributed by atoms with Gasteiger partial charge in [0, 0.05) is 51.9 Å². The van der Waals surface area contributed by atoms with E-state index in [1.54, 1.807) is 13.1 Å². The fourth-order valence-corrected chi connectivity index (χ4v) is 5.23. The number of ether oxygens (including phenoxy) is 2. The first kappa shape index (κ1) is 23.3. The Morgan fingerprint density at radius 3 is 2.34 bits per heavy atom. The van der Waals surface area contributed by atoms with E-state index in [2.05, 4.69) is 20.5 Å². The Morgan fingerprint density at radius 1 is 1.00 bits per heavy atom. The minimum absolute atomic E-state index is 0.172. The van der Waals surface area contributed by atoms with Gasteiger partial charge in [0.25, 0.3) is 0 Å². The second-order valence-corrected chi connectivity index (χ2v) is 9.05. The van der Waals surface area contributed by atoms with E-state index in [1.165, 1.54) is 32.1 Å². The molecule has 7 nitrogen and oxygen atoms in total. The third-order valence-electron chi connectivity index (χ3n) is 7.10. The fourth-order valence-electron chi connectivity index (χ4n) is 5.23. The molecule has 2 heterocycles. The summed E-state index contributed by atoms with van der Waals surface area (Å²) in [6.07, 6.45) is 6.31. The zero-order valence-corrected chi connectivity index (χ0v) is 19.4. The maximum atomic E-state index is 14.7. The highest BCUT2D eigenvalue weighted by molar-refractivity contribution is 5.79. The Kier molecular flexibility index (Phi) is 8.21. The average molecular weight is 448 g/mol. The summed E-state index contributed by atoms with van der Waals surface area (Å²) in [6, 6.07) is 5.50. The highest BCUT2D eigenvalue weighted by Crippen LogP contribution is 2.33. The largest absolute Gasteiger partial charge is 0.379 e. The Bertz CT molecular complexity index is 757. The molecule has 2 aliphatic heterocycles. The van der Waals surface area contributed by atoms with Crippen LogP contribution in [-0.2, 0) is 16.0 Å². The lowest BCUT2D eigenvalue weighted by Crippen LogP contribution is -2.60. The normalized spacial score (nSPS) is 22.6. The molecular formula is C24H38FN5O2. The summed E-state index contributed by atoms with van der Waals surface area (Å²) in [5.74, 6) is 0.587. The summed E-state index contributed by atoms with van der Waals surface area (Å²) in [7, 11) is 1.79. The number of morpholine rings is 2. The second-order valence-electron chi connectivity index (χ2n) is 9.05. The molecule has 1 saturated carbocycles. The third kappa shape index (κ3) is 5.71. The van der Waals surface area contributed by atoms with Gasteiger partial charge < -0.3 is 25.0 Å². The molecule has 3 fully saturated rings. The van der Waals surface area contributed by atoms with Gasteiger partial charge in [0.1, 0.15) is 5.82 Å². The minimum atomic E-state index is -0.178. The van der Waals surface area contributed by atoms with Crippen molar-refractivity contribution in [3.63, 3.8) is 0 Å². The monoisotopic (exact) mass is 447 g/mol. The van der Waals surface area contributed by atoms with E-state index in [0.29, 0.717) is 25.4 Å². The van der Waals surface area contributed by atoms with Crippen molar-refractivity contribution in [1.82, 2.24) is 15.5 Å². The van der Waals surface area contributed by atoms with Crippen LogP contribution in [0.3, 0.4) is 0 Å². The number of aliphatic imine (C=N–C) groups is 1. The number of hydrogen-bond acceptors (Lipinski definition) is 5. The van der Waals surface area contributed by atoms with Crippen molar-refractivity contribution in [1.29, 1.82) is 0 Å². The van der Waals surface area contributed by atoms with Crippen molar-refractivity contribution in [2.24, 2.45) is 4.99 Å². The Labute approximate surface area is 191 Å². The Hall–Kier alpha value is -1.90. The van der Waals surface area contributed by atoms with Gasteiger partial charge in [-0.1, -0.05) is 25.3 Å². The lowest BCUT2D eigenvalue weighted by Gasteiger charge is -2.48. The predicted octanol–water partition coefficient (Wildman–Crippen LogP) is 2.36. The van der Waals surface area contributed by atoms with E-state index in [9.17, 15) is 4.39 Å². The maximum Gasteiger partial charge on any atom is 0.191 e. The van der Waals surface area contributed by atoms with E-state index in [4.69, 9.17) is 9.47 Å². The lowest BCUT2D eigenvalue weighted by molar-refractivity contribution is -0.0352. The molecule has 0 amide bonds. The molecule has 2 saturated heterocycles. The van der Waals surface area contributed by atoms with Crippen LogP contribution in [0, 0.1) is 5.82 Å². The van der Waals surface area contributed by atoms with Crippen LogP contribution in [-0.4, -0.2) is 82.6 Å². The molecule has 0 atom stereocenters. The van der Waals surface area contributed by atoms with E-state index < -0.39 is 0 Å². The Morgan fingerprint density at radius 2 is 1.69 bits per heavy atom. The number of anilines is 1. The van der Waals surface area contributed by atoms with Crippen LogP contribution >= 0.6 is 0 Å². The van der Waals surface area contributed by atoms with E-state index in [1.807, 2.05) is 17.0 Å². The van der Waals surface area contributed by atoms with Gasteiger partial charge in [-0.3, -0.25) is 9.89 Å². The topological polar surface area (TPSA) is 61.4 Å². The highest BCUT2D eigenvalue weighted by Gasteiger charge is 2.38. The number of rotatable bonds is 6. The van der Waals surface area contributed by atoms with Crippen LogP contribution in [0.5, 0.6) is 0 Å². The fraction of sp³-hybridized carbons (Fsp3) is 0.708. The summed E-state index contributed by atoms with van der Waals surface area (Å²) in [5.41, 5.74) is 1.73. The van der Waals surface area contributed by atoms with E-state index in [0.717, 1.165) is 57.5 Å². The zero-order valence-electron chi connectivity index (χ0n) is 19.4. The lowest BCUT2D eigenvalue weighted by atomic mass is 9.80. The number of nitrogens with one attached hydrogen (secondary N) is 2. The van der Waals surface area contributed by atoms with Crippen LogP contribution < -0.4 is 15.5 Å². The molecule has 0 radical (unpaired) electrons. The minimum Gasteiger partial charge on any atom is -0.379 e. The summed E-state index contributed by atoms with van der Waals surface area (Å²) in [6.45, 7) is 7.81. The molecule has 1 aromatic carbocycles. The molecule has 178 valence electrons. The van der Waals surface area contributed by atoms with Gasteiger partial charge >= 0.3 is 0 Å². The molecule has 1 aromatic rings. The summed E-state index contributed by atoms with van der Waals surface area (Å²) < 4.78 is 25.7. The standard InChI is InChI=1S/C24H38FN5O2/c1-26-23(28-19-24(7-3-2-4-8-24)30-11-15-32-16-12-30)27-18-20-5-6-22(21(25)17-20)29-9-13-31-14-10-29/h5-6,17H,2-4,7-16,18-19H2,1H3,(H2,26,27,28). The van der Waals surface area contributed by atoms with Gasteiger partial charge in [-0.05, 0) is 30.5 Å². The van der Waals surface area contributed by atoms with Crippen LogP contribution in [0.4, 0.5) is 10.1 Å². The van der Waals surface area contributed by atoms with Crippen molar-refractivity contribution in [3.8, 4) is 0 Å². The highest BCUT2D eigenvalue weighted by atomic mass is 19.1. The molecule has 0 unspecified atom stereocenters. The molecule has 4 rings (SSSR count). The van der Waals surface area contributed by atoms with Crippen molar-refractivity contribution in [2.45, 2.75) is 44.2 Å². The van der Waals surface area contributed by atoms with E-state index >= 15 is 0 Å². The molecular weight excluding hydrogens is 409 g/mol. The first-order valence-electron chi connectivity index (χ1n) is 12.1. The van der Waals surface area contributed by atoms with Crippen LogP contribution in [0.25, 0.3) is 0 Å². The van der Waals surface area contributed by atoms with Crippen molar-refractivity contribution >= 4 is 11.6 Å². The molecule has 0 aromatic heterocycles. The second kappa shape index (κ2) is 11.3. The molecule has 32 heavy (non-hydrogen) atoms. The van der Waals surface area contributed by atoms with Crippen molar-refractivity contribution in [2.75, 3.05) is 71.1 Å². The van der Waals surface area contributed by atoms with Gasteiger partial charge in [0.15, 0.2) is 5.96 Å². The molecule has 1 aliphatic carbocycles. The van der Waals surface area contributed by atoms with Gasteiger partial charge in [0.2, 0.25) is 0 Å². The van der Waals surface area contributed by atoms with Gasteiger partial charge in [0.05, 0.1) is 32.1 Å². The van der Waals surface area contributed by atoms with Crippen LogP contribution in [0.2, 0.25) is 0 Å². The van der Waals surface area contributed by atoms with Gasteiger partial charge in [-0.25, -0.2) is 4.39 Å². The number of benzene rings is 1. The number of guanidine groups is 1. The zero-order chi connectivity index (χ0) is 22.2. The number of hydrogen-bond donors (Lipinski definition) is 2.